The highest BCUT2D eigenvalue weighted by Crippen LogP contribution is 2.29. The van der Waals surface area contributed by atoms with Crippen LogP contribution >= 0.6 is 11.5 Å². The third-order valence-electron chi connectivity index (χ3n) is 2.55. The molecule has 1 aromatic heterocycles. The first-order valence-corrected chi connectivity index (χ1v) is 5.74. The molecule has 1 aliphatic rings. The first kappa shape index (κ1) is 9.86. The Bertz CT molecular complexity index is 316. The standard InChI is InChI=1S/C9H16N4S/c1-3-4-9(10)5-13(6-9)8-11-7(2)12-14-8/h3-6,10H2,1-2H3. The number of anilines is 1. The molecule has 1 saturated heterocycles. The van der Waals surface area contributed by atoms with Crippen molar-refractivity contribution in [2.75, 3.05) is 18.0 Å². The van der Waals surface area contributed by atoms with Gasteiger partial charge in [0.1, 0.15) is 5.82 Å². The normalized spacial score (nSPS) is 19.5. The van der Waals surface area contributed by atoms with Crippen LogP contribution in [0.5, 0.6) is 0 Å². The van der Waals surface area contributed by atoms with Crippen molar-refractivity contribution in [2.24, 2.45) is 5.73 Å². The van der Waals surface area contributed by atoms with Gasteiger partial charge in [0.05, 0.1) is 5.54 Å². The molecule has 2 N–H and O–H groups in total. The molecule has 5 heteroatoms. The van der Waals surface area contributed by atoms with Gasteiger partial charge in [0.25, 0.3) is 0 Å². The van der Waals surface area contributed by atoms with Gasteiger partial charge in [0.15, 0.2) is 0 Å². The summed E-state index contributed by atoms with van der Waals surface area (Å²) in [6, 6.07) is 0. The Hall–Kier alpha value is -0.680. The Balaban J connectivity index is 1.94. The molecule has 78 valence electrons. The van der Waals surface area contributed by atoms with Crippen molar-refractivity contribution < 1.29 is 0 Å². The number of hydrogen-bond donors (Lipinski definition) is 1. The third-order valence-corrected chi connectivity index (χ3v) is 3.42. The molecule has 1 aliphatic heterocycles. The second-order valence-electron chi connectivity index (χ2n) is 4.09. The van der Waals surface area contributed by atoms with E-state index in [1.165, 1.54) is 11.5 Å². The third kappa shape index (κ3) is 1.74. The molecule has 1 aromatic rings. The zero-order valence-electron chi connectivity index (χ0n) is 8.66. The molecule has 0 radical (unpaired) electrons. The number of aryl methyl sites for hydroxylation is 1. The van der Waals surface area contributed by atoms with E-state index >= 15 is 0 Å². The maximum absolute atomic E-state index is 6.16. The quantitative estimate of drug-likeness (QED) is 0.817. The van der Waals surface area contributed by atoms with Crippen molar-refractivity contribution in [1.29, 1.82) is 0 Å². The smallest absolute Gasteiger partial charge is 0.205 e. The van der Waals surface area contributed by atoms with E-state index in [0.717, 1.165) is 36.9 Å². The van der Waals surface area contributed by atoms with E-state index in [4.69, 9.17) is 5.73 Å². The first-order valence-electron chi connectivity index (χ1n) is 4.97. The van der Waals surface area contributed by atoms with Gasteiger partial charge in [0.2, 0.25) is 5.13 Å². The second kappa shape index (κ2) is 3.47. The van der Waals surface area contributed by atoms with Gasteiger partial charge in [-0.05, 0) is 13.3 Å². The second-order valence-corrected chi connectivity index (χ2v) is 4.82. The van der Waals surface area contributed by atoms with E-state index in [0.29, 0.717) is 0 Å². The summed E-state index contributed by atoms with van der Waals surface area (Å²) in [6.45, 7) is 5.94. The van der Waals surface area contributed by atoms with Crippen molar-refractivity contribution in [3.8, 4) is 0 Å². The monoisotopic (exact) mass is 212 g/mol. The molecule has 0 unspecified atom stereocenters. The van der Waals surface area contributed by atoms with Crippen LogP contribution in [0.1, 0.15) is 25.6 Å². The van der Waals surface area contributed by atoms with E-state index in [9.17, 15) is 0 Å². The van der Waals surface area contributed by atoms with Crippen molar-refractivity contribution in [2.45, 2.75) is 32.2 Å². The maximum Gasteiger partial charge on any atom is 0.205 e. The van der Waals surface area contributed by atoms with Crippen LogP contribution in [0.25, 0.3) is 0 Å². The van der Waals surface area contributed by atoms with Gasteiger partial charge < -0.3 is 10.6 Å². The fraction of sp³-hybridized carbons (Fsp3) is 0.778. The summed E-state index contributed by atoms with van der Waals surface area (Å²) in [5, 5.41) is 1.01. The molecule has 1 fully saturated rings. The van der Waals surface area contributed by atoms with E-state index in [1.807, 2.05) is 6.92 Å². The van der Waals surface area contributed by atoms with Crippen molar-refractivity contribution in [3.63, 3.8) is 0 Å². The van der Waals surface area contributed by atoms with Crippen LogP contribution in [0.2, 0.25) is 0 Å². The van der Waals surface area contributed by atoms with Gasteiger partial charge in [-0.25, -0.2) is 4.98 Å². The highest BCUT2D eigenvalue weighted by atomic mass is 32.1. The van der Waals surface area contributed by atoms with Gasteiger partial charge in [-0.15, -0.1) is 0 Å². The molecule has 4 nitrogen and oxygen atoms in total. The summed E-state index contributed by atoms with van der Waals surface area (Å²) in [5.74, 6) is 0.856. The minimum atomic E-state index is 0.0221. The topological polar surface area (TPSA) is 55.0 Å². The summed E-state index contributed by atoms with van der Waals surface area (Å²) >= 11 is 1.46. The van der Waals surface area contributed by atoms with Crippen LogP contribution in [0, 0.1) is 6.92 Å². The molecule has 0 aliphatic carbocycles. The molecule has 0 bridgehead atoms. The number of rotatable bonds is 3. The largest absolute Gasteiger partial charge is 0.343 e. The van der Waals surface area contributed by atoms with Gasteiger partial charge in [0, 0.05) is 24.6 Å². The van der Waals surface area contributed by atoms with E-state index in [2.05, 4.69) is 21.2 Å². The molecule has 0 atom stereocenters. The fourth-order valence-corrected chi connectivity index (χ4v) is 2.59. The molecular weight excluding hydrogens is 196 g/mol. The van der Waals surface area contributed by atoms with Crippen LogP contribution in [-0.2, 0) is 0 Å². The Morgan fingerprint density at radius 3 is 2.79 bits per heavy atom. The molecule has 0 aromatic carbocycles. The average Bonchev–Trinajstić information content (AvgIpc) is 2.47. The molecule has 2 heterocycles. The molecule has 0 saturated carbocycles. The predicted molar refractivity (Wildman–Crippen MR) is 58.7 cm³/mol. The van der Waals surface area contributed by atoms with Crippen LogP contribution in [0.15, 0.2) is 0 Å². The minimum absolute atomic E-state index is 0.0221. The SMILES string of the molecule is CCCC1(N)CN(c2nc(C)ns2)C1. The lowest BCUT2D eigenvalue weighted by Crippen LogP contribution is -2.67. The predicted octanol–water partition coefficient (Wildman–Crippen LogP) is 1.16. The Kier molecular flexibility index (Phi) is 2.45. The minimum Gasteiger partial charge on any atom is -0.343 e. The molecule has 0 spiro atoms. The summed E-state index contributed by atoms with van der Waals surface area (Å²) < 4.78 is 4.16. The van der Waals surface area contributed by atoms with Gasteiger partial charge in [-0.3, -0.25) is 0 Å². The number of aromatic nitrogens is 2. The van der Waals surface area contributed by atoms with Gasteiger partial charge in [-0.1, -0.05) is 13.3 Å². The number of hydrogen-bond acceptors (Lipinski definition) is 5. The van der Waals surface area contributed by atoms with Crippen LogP contribution in [0.3, 0.4) is 0 Å². The molecule has 14 heavy (non-hydrogen) atoms. The maximum atomic E-state index is 6.16. The molecular formula is C9H16N4S. The summed E-state index contributed by atoms with van der Waals surface area (Å²) in [5.41, 5.74) is 6.18. The lowest BCUT2D eigenvalue weighted by atomic mass is 9.87. The van der Waals surface area contributed by atoms with Gasteiger partial charge in [-0.2, -0.15) is 4.37 Å². The lowest BCUT2D eigenvalue weighted by Gasteiger charge is -2.47. The Morgan fingerprint density at radius 1 is 1.57 bits per heavy atom. The number of nitrogens with zero attached hydrogens (tertiary/aromatic N) is 3. The van der Waals surface area contributed by atoms with Crippen LogP contribution in [0.4, 0.5) is 5.13 Å². The molecule has 0 amide bonds. The van der Waals surface area contributed by atoms with Crippen molar-refractivity contribution >= 4 is 16.7 Å². The van der Waals surface area contributed by atoms with Crippen LogP contribution in [-0.4, -0.2) is 28.0 Å². The zero-order valence-corrected chi connectivity index (χ0v) is 9.47. The van der Waals surface area contributed by atoms with Gasteiger partial charge >= 0.3 is 0 Å². The summed E-state index contributed by atoms with van der Waals surface area (Å²) in [4.78, 5) is 6.54. The summed E-state index contributed by atoms with van der Waals surface area (Å²) in [6.07, 6.45) is 2.25. The van der Waals surface area contributed by atoms with Crippen LogP contribution < -0.4 is 10.6 Å². The van der Waals surface area contributed by atoms with Crippen molar-refractivity contribution in [3.05, 3.63) is 5.82 Å². The molecule has 2 rings (SSSR count). The first-order chi connectivity index (χ1) is 6.63. The highest BCUT2D eigenvalue weighted by Gasteiger charge is 2.39. The summed E-state index contributed by atoms with van der Waals surface area (Å²) in [7, 11) is 0. The lowest BCUT2D eigenvalue weighted by molar-refractivity contribution is 0.307. The average molecular weight is 212 g/mol. The van der Waals surface area contributed by atoms with E-state index < -0.39 is 0 Å². The highest BCUT2D eigenvalue weighted by molar-refractivity contribution is 7.09. The fourth-order valence-electron chi connectivity index (χ4n) is 1.92. The number of nitrogens with two attached hydrogens (primary N) is 1. The van der Waals surface area contributed by atoms with E-state index in [-0.39, 0.29) is 5.54 Å². The van der Waals surface area contributed by atoms with E-state index in [1.54, 1.807) is 0 Å². The van der Waals surface area contributed by atoms with Crippen molar-refractivity contribution in [1.82, 2.24) is 9.36 Å². The zero-order chi connectivity index (χ0) is 10.2. The Morgan fingerprint density at radius 2 is 2.29 bits per heavy atom. The Labute approximate surface area is 88.3 Å².